The number of nitriles is 2. The van der Waals surface area contributed by atoms with E-state index >= 15 is 0 Å². The Morgan fingerprint density at radius 3 is 0.746 bits per heavy atom. The average Bonchev–Trinajstić information content (AvgIpc) is 1.55. The standard InChI is InChI=1S/C51H33N5.C42H36N2.C38H22N4/c1-4-14-34(15-5-1)49-52-50(35-16-6-2-7-17-35)54-51(53-49)36-24-28-40(29-25-36)56-46-23-13-11-21-42(46)44-33-38(27-31-48(44)56)37-26-30-47-43(32-37)41-20-10-12-22-45(41)55(47)39-18-8-3-9-19-39;1-29-13-21-33(22-14-29)43(34-23-15-30(2)16-24-34)41-37-9-5-7-11-39(37)42(40-12-8-6-10-38(40)41)44(35-25-17-31(3)18-26-35)36-27-19-32(4)20-28-36;39-23-25-14-17-34(28(20-25)24-40)42-36-13-7-5-11-31(36)33-22-27(16-19-38(33)42)26-15-18-37-32(21-26)30-10-4-6-12-35(30)41(37)29-8-2-1-3-9-29/h1-33H;5-28H,1-4H3;1-22H. The number of hydrogen-bond acceptors (Lipinski definition) is 7. The van der Waals surface area contributed by atoms with Crippen LogP contribution in [-0.4, -0.2) is 33.2 Å². The van der Waals surface area contributed by atoms with Gasteiger partial charge in [-0.05, 0) is 238 Å². The second-order valence-corrected chi connectivity index (χ2v) is 36.4. The Kier molecular flexibility index (Phi) is 22.1. The van der Waals surface area contributed by atoms with E-state index in [1.165, 1.54) is 121 Å². The number of hydrogen-bond donors (Lipinski definition) is 0. The van der Waals surface area contributed by atoms with Gasteiger partial charge >= 0.3 is 0 Å². The molecule has 11 nitrogen and oxygen atoms in total. The van der Waals surface area contributed by atoms with Crippen LogP contribution in [0.1, 0.15) is 33.4 Å². The molecule has 0 saturated carbocycles. The van der Waals surface area contributed by atoms with Gasteiger partial charge in [0.25, 0.3) is 0 Å². The van der Waals surface area contributed by atoms with Crippen LogP contribution in [0.15, 0.2) is 479 Å². The number of rotatable bonds is 15. The predicted octanol–water partition coefficient (Wildman–Crippen LogP) is 34.2. The van der Waals surface area contributed by atoms with Crippen molar-refractivity contribution >= 4 is 143 Å². The maximum Gasteiger partial charge on any atom is 0.164 e. The Morgan fingerprint density at radius 2 is 0.444 bits per heavy atom. The number of para-hydroxylation sites is 6. The lowest BCUT2D eigenvalue weighted by molar-refractivity contribution is 1.07. The first-order valence-electron chi connectivity index (χ1n) is 48.0. The molecule has 0 aliphatic rings. The highest BCUT2D eigenvalue weighted by Gasteiger charge is 2.28. The first kappa shape index (κ1) is 85.8. The summed E-state index contributed by atoms with van der Waals surface area (Å²) in [7, 11) is 0. The number of aromatic nitrogens is 7. The smallest absolute Gasteiger partial charge is 0.164 e. The number of fused-ring (bicyclic) bond motifs is 14. The molecule has 26 aromatic rings. The minimum Gasteiger partial charge on any atom is -0.309 e. The molecule has 670 valence electrons. The number of nitrogens with zero attached hydrogens (tertiary/aromatic N) is 11. The molecule has 0 N–H and O–H groups in total. The van der Waals surface area contributed by atoms with E-state index in [0.717, 1.165) is 106 Å². The zero-order chi connectivity index (χ0) is 95.4. The fourth-order valence-corrected chi connectivity index (χ4v) is 20.6. The summed E-state index contributed by atoms with van der Waals surface area (Å²) in [4.78, 5) is 19.6. The van der Waals surface area contributed by atoms with Gasteiger partial charge in [0.2, 0.25) is 0 Å². The van der Waals surface area contributed by atoms with Crippen molar-refractivity contribution in [3.05, 3.63) is 513 Å². The third-order valence-corrected chi connectivity index (χ3v) is 27.4. The monoisotopic (exact) mass is 1820 g/mol. The number of benzene rings is 21. The van der Waals surface area contributed by atoms with E-state index in [4.69, 9.17) is 15.0 Å². The summed E-state index contributed by atoms with van der Waals surface area (Å²) < 4.78 is 9.18. The second-order valence-electron chi connectivity index (χ2n) is 36.4. The van der Waals surface area contributed by atoms with Crippen molar-refractivity contribution in [1.82, 2.24) is 33.2 Å². The molecule has 11 heteroatoms. The minimum atomic E-state index is 0.473. The Labute approximate surface area is 822 Å². The molecule has 26 rings (SSSR count). The van der Waals surface area contributed by atoms with Crippen molar-refractivity contribution in [2.45, 2.75) is 27.7 Å². The summed E-state index contributed by atoms with van der Waals surface area (Å²) in [6.07, 6.45) is 0. The largest absolute Gasteiger partial charge is 0.309 e. The lowest BCUT2D eigenvalue weighted by Crippen LogP contribution is -2.14. The SMILES string of the molecule is Cc1ccc(N(c2ccc(C)cc2)c2c3ccccc3c(N(c3ccc(C)cc3)c3ccc(C)cc3)c3ccccc23)cc1.N#Cc1ccc(-n2c3ccccc3c3cc(-c4ccc5c(c4)c4ccccc4n5-c4ccccc4)ccc32)c(C#N)c1.c1ccc(-c2nc(-c3ccccc3)nc(-c3ccc(-n4c5ccccc5c5cc(-c6ccc7c(c6)c6ccccc6n7-c6ccccc6)ccc54)cc3)n2)cc1. The highest BCUT2D eigenvalue weighted by atomic mass is 15.2. The minimum absolute atomic E-state index is 0.473. The lowest BCUT2D eigenvalue weighted by atomic mass is 9.95. The Balaban J connectivity index is 0.000000117. The Bertz CT molecular complexity index is 9080. The van der Waals surface area contributed by atoms with E-state index in [-0.39, 0.29) is 0 Å². The van der Waals surface area contributed by atoms with E-state index in [0.29, 0.717) is 28.6 Å². The van der Waals surface area contributed by atoms with Crippen molar-refractivity contribution in [3.8, 4) is 91.3 Å². The lowest BCUT2D eigenvalue weighted by Gasteiger charge is -2.33. The molecule has 0 aliphatic carbocycles. The van der Waals surface area contributed by atoms with Gasteiger partial charge in [-0.15, -0.1) is 0 Å². The van der Waals surface area contributed by atoms with E-state index in [2.05, 4.69) is 450 Å². The van der Waals surface area contributed by atoms with Crippen LogP contribution >= 0.6 is 0 Å². The summed E-state index contributed by atoms with van der Waals surface area (Å²) in [5.74, 6) is 1.94. The quantitative estimate of drug-likeness (QED) is 0.0742. The molecule has 0 bridgehead atoms. The first-order valence-corrected chi connectivity index (χ1v) is 48.0. The van der Waals surface area contributed by atoms with E-state index in [1.54, 1.807) is 12.1 Å². The Hall–Kier alpha value is -19.1. The zero-order valence-electron chi connectivity index (χ0n) is 78.5. The molecule has 0 fully saturated rings. The van der Waals surface area contributed by atoms with Gasteiger partial charge < -0.3 is 28.1 Å². The third-order valence-electron chi connectivity index (χ3n) is 27.4. The molecule has 0 saturated heterocycles. The molecule has 0 unspecified atom stereocenters. The molecule has 0 amide bonds. The van der Waals surface area contributed by atoms with Crippen molar-refractivity contribution < 1.29 is 0 Å². The van der Waals surface area contributed by atoms with Gasteiger partial charge in [-0.25, -0.2) is 15.0 Å². The van der Waals surface area contributed by atoms with Crippen molar-refractivity contribution in [3.63, 3.8) is 0 Å². The van der Waals surface area contributed by atoms with Crippen LogP contribution in [0.4, 0.5) is 34.1 Å². The molecule has 0 spiro atoms. The van der Waals surface area contributed by atoms with Crippen LogP contribution < -0.4 is 9.80 Å². The van der Waals surface area contributed by atoms with Crippen LogP contribution in [0.2, 0.25) is 0 Å². The maximum absolute atomic E-state index is 9.94. The summed E-state index contributed by atoms with van der Waals surface area (Å²) in [6, 6.07) is 174. The zero-order valence-corrected chi connectivity index (χ0v) is 78.5. The predicted molar refractivity (Wildman–Crippen MR) is 590 cm³/mol. The molecule has 0 atom stereocenters. The normalized spacial score (nSPS) is 11.4. The molecule has 0 aliphatic heterocycles. The second kappa shape index (κ2) is 36.5. The van der Waals surface area contributed by atoms with Gasteiger partial charge in [0.1, 0.15) is 6.07 Å². The van der Waals surface area contributed by atoms with E-state index in [1.807, 2.05) is 84.9 Å². The van der Waals surface area contributed by atoms with Crippen molar-refractivity contribution in [2.75, 3.05) is 9.80 Å². The van der Waals surface area contributed by atoms with Gasteiger partial charge in [0.05, 0.1) is 78.4 Å². The summed E-state index contributed by atoms with van der Waals surface area (Å²) in [6.45, 7) is 8.57. The van der Waals surface area contributed by atoms with Gasteiger partial charge in [0, 0.05) is 121 Å². The van der Waals surface area contributed by atoms with Crippen LogP contribution in [-0.2, 0) is 0 Å². The molecule has 5 aromatic heterocycles. The van der Waals surface area contributed by atoms with E-state index in [9.17, 15) is 10.5 Å². The third kappa shape index (κ3) is 15.6. The average molecular weight is 1820 g/mol. The van der Waals surface area contributed by atoms with Crippen LogP contribution in [0, 0.1) is 50.4 Å². The summed E-state index contributed by atoms with van der Waals surface area (Å²) in [5.41, 5.74) is 33.6. The highest BCUT2D eigenvalue weighted by molar-refractivity contribution is 6.24. The van der Waals surface area contributed by atoms with Crippen molar-refractivity contribution in [1.29, 1.82) is 10.5 Å². The Morgan fingerprint density at radius 1 is 0.197 bits per heavy atom. The van der Waals surface area contributed by atoms with Crippen LogP contribution in [0.3, 0.4) is 0 Å². The molecule has 21 aromatic carbocycles. The highest BCUT2D eigenvalue weighted by Crippen LogP contribution is 2.52. The fourth-order valence-electron chi connectivity index (χ4n) is 20.6. The number of anilines is 6. The maximum atomic E-state index is 9.94. The van der Waals surface area contributed by atoms with Gasteiger partial charge in [-0.2, -0.15) is 10.5 Å². The van der Waals surface area contributed by atoms with E-state index < -0.39 is 0 Å². The molecular weight excluding hydrogens is 1730 g/mol. The van der Waals surface area contributed by atoms with Crippen LogP contribution in [0.5, 0.6) is 0 Å². The molecule has 0 radical (unpaired) electrons. The van der Waals surface area contributed by atoms with Gasteiger partial charge in [0.15, 0.2) is 17.5 Å². The van der Waals surface area contributed by atoms with Crippen molar-refractivity contribution in [2.24, 2.45) is 0 Å². The van der Waals surface area contributed by atoms with Gasteiger partial charge in [-0.3, -0.25) is 0 Å². The molecule has 142 heavy (non-hydrogen) atoms. The number of aryl methyl sites for hydroxylation is 4. The molecule has 5 heterocycles. The van der Waals surface area contributed by atoms with Crippen LogP contribution in [0.25, 0.3) is 188 Å². The summed E-state index contributed by atoms with van der Waals surface area (Å²) >= 11 is 0. The molecular formula is C131H91N11. The fraction of sp³-hybridized carbons (Fsp3) is 0.0305. The first-order chi connectivity index (χ1) is 70.0. The van der Waals surface area contributed by atoms with Gasteiger partial charge in [-0.1, -0.05) is 313 Å². The summed E-state index contributed by atoms with van der Waals surface area (Å²) in [5, 5.41) is 33.7. The topological polar surface area (TPSA) is 112 Å².